The van der Waals surface area contributed by atoms with E-state index in [-0.39, 0.29) is 18.2 Å². The van der Waals surface area contributed by atoms with Crippen LogP contribution in [0, 0.1) is 0 Å². The molecular weight excluding hydrogens is 466 g/mol. The summed E-state index contributed by atoms with van der Waals surface area (Å²) in [7, 11) is -2.35. The Morgan fingerprint density at radius 3 is 2.42 bits per heavy atom. The second-order valence-electron chi connectivity index (χ2n) is 8.34. The topological polar surface area (TPSA) is 90.7 Å². The Hall–Kier alpha value is -3.04. The van der Waals surface area contributed by atoms with Gasteiger partial charge in [-0.05, 0) is 56.7 Å². The van der Waals surface area contributed by atoms with Gasteiger partial charge in [0.2, 0.25) is 0 Å². The number of carbonyl (C=O) groups is 1. The summed E-state index contributed by atoms with van der Waals surface area (Å²) in [4.78, 5) is 12.0. The van der Waals surface area contributed by atoms with Gasteiger partial charge in [0.1, 0.15) is 11.4 Å². The van der Waals surface area contributed by atoms with Gasteiger partial charge in [-0.25, -0.2) is 4.79 Å². The van der Waals surface area contributed by atoms with Crippen molar-refractivity contribution < 1.29 is 22.7 Å². The van der Waals surface area contributed by atoms with Crippen LogP contribution in [0.2, 0.25) is 5.02 Å². The zero-order chi connectivity index (χ0) is 24.2. The SMILES string of the molecule is Cn1ccc(S(=O)(=O)N(Cc2ccc(Cl)cc2)c2cccc(OCC(=O)OC(C)(C)C)c2)n1. The van der Waals surface area contributed by atoms with Crippen molar-refractivity contribution >= 4 is 33.3 Å². The number of rotatable bonds is 8. The maximum Gasteiger partial charge on any atom is 0.344 e. The van der Waals surface area contributed by atoms with E-state index >= 15 is 0 Å². The molecular formula is C23H26ClN3O5S. The molecule has 1 aromatic heterocycles. The second kappa shape index (κ2) is 9.84. The number of anilines is 1. The summed E-state index contributed by atoms with van der Waals surface area (Å²) in [6, 6.07) is 14.8. The van der Waals surface area contributed by atoms with Crippen molar-refractivity contribution in [3.8, 4) is 5.75 Å². The number of hydrogen-bond acceptors (Lipinski definition) is 6. The molecule has 10 heteroatoms. The number of nitrogens with zero attached hydrogens (tertiary/aromatic N) is 3. The Morgan fingerprint density at radius 1 is 1.12 bits per heavy atom. The first-order valence-electron chi connectivity index (χ1n) is 10.2. The van der Waals surface area contributed by atoms with Crippen LogP contribution in [0.3, 0.4) is 0 Å². The predicted molar refractivity (Wildman–Crippen MR) is 126 cm³/mol. The van der Waals surface area contributed by atoms with E-state index in [9.17, 15) is 13.2 Å². The van der Waals surface area contributed by atoms with Crippen molar-refractivity contribution in [2.45, 2.75) is 37.9 Å². The molecule has 0 amide bonds. The maximum absolute atomic E-state index is 13.5. The molecule has 3 rings (SSSR count). The lowest BCUT2D eigenvalue weighted by atomic mass is 10.2. The van der Waals surface area contributed by atoms with Crippen LogP contribution in [0.5, 0.6) is 5.75 Å². The third kappa shape index (κ3) is 6.72. The Bertz CT molecular complexity index is 1220. The first-order valence-corrected chi connectivity index (χ1v) is 12.0. The van der Waals surface area contributed by atoms with Gasteiger partial charge in [0.25, 0.3) is 10.0 Å². The van der Waals surface area contributed by atoms with E-state index in [4.69, 9.17) is 21.1 Å². The van der Waals surface area contributed by atoms with Crippen LogP contribution in [-0.4, -0.2) is 36.4 Å². The van der Waals surface area contributed by atoms with Crippen LogP contribution in [-0.2, 0) is 33.1 Å². The minimum atomic E-state index is -3.99. The summed E-state index contributed by atoms with van der Waals surface area (Å²) in [6.07, 6.45) is 1.56. The van der Waals surface area contributed by atoms with Crippen molar-refractivity contribution in [1.82, 2.24) is 9.78 Å². The van der Waals surface area contributed by atoms with Crippen molar-refractivity contribution in [3.63, 3.8) is 0 Å². The molecule has 0 saturated heterocycles. The summed E-state index contributed by atoms with van der Waals surface area (Å²) in [5.74, 6) is -0.192. The fourth-order valence-electron chi connectivity index (χ4n) is 2.96. The zero-order valence-electron chi connectivity index (χ0n) is 18.9. The van der Waals surface area contributed by atoms with Gasteiger partial charge >= 0.3 is 5.97 Å². The molecule has 0 atom stereocenters. The van der Waals surface area contributed by atoms with Gasteiger partial charge in [0.15, 0.2) is 11.6 Å². The molecule has 0 fully saturated rings. The Labute approximate surface area is 198 Å². The molecule has 0 aliphatic rings. The first-order chi connectivity index (χ1) is 15.4. The van der Waals surface area contributed by atoms with Gasteiger partial charge in [-0.2, -0.15) is 13.5 Å². The molecule has 0 bridgehead atoms. The summed E-state index contributed by atoms with van der Waals surface area (Å²) in [5, 5.41) is 4.54. The molecule has 0 N–H and O–H groups in total. The standard InChI is InChI=1S/C23H26ClN3O5S/c1-23(2,3)32-22(28)16-31-20-7-5-6-19(14-20)27(15-17-8-10-18(24)11-9-17)33(29,30)21-12-13-26(4)25-21/h5-14H,15-16H2,1-4H3. The highest BCUT2D eigenvalue weighted by Gasteiger charge is 2.28. The number of sulfonamides is 1. The van der Waals surface area contributed by atoms with Crippen LogP contribution in [0.15, 0.2) is 65.8 Å². The van der Waals surface area contributed by atoms with E-state index < -0.39 is 21.6 Å². The van der Waals surface area contributed by atoms with E-state index in [1.165, 1.54) is 15.1 Å². The number of ether oxygens (including phenoxy) is 2. The minimum Gasteiger partial charge on any atom is -0.482 e. The summed E-state index contributed by atoms with van der Waals surface area (Å²) in [6.45, 7) is 5.05. The van der Waals surface area contributed by atoms with E-state index in [0.29, 0.717) is 16.5 Å². The van der Waals surface area contributed by atoms with Crippen molar-refractivity contribution in [2.75, 3.05) is 10.9 Å². The van der Waals surface area contributed by atoms with Crippen LogP contribution in [0.25, 0.3) is 0 Å². The molecule has 33 heavy (non-hydrogen) atoms. The Kier molecular flexibility index (Phi) is 7.34. The predicted octanol–water partition coefficient (Wildman–Crippen LogP) is 4.19. The minimum absolute atomic E-state index is 0.0472. The number of carbonyl (C=O) groups excluding carboxylic acids is 1. The lowest BCUT2D eigenvalue weighted by Gasteiger charge is -2.24. The molecule has 0 saturated carbocycles. The lowest BCUT2D eigenvalue weighted by molar-refractivity contribution is -0.157. The second-order valence-corrected chi connectivity index (χ2v) is 10.6. The van der Waals surface area contributed by atoms with Crippen molar-refractivity contribution in [2.24, 2.45) is 7.05 Å². The number of benzene rings is 2. The normalized spacial score (nSPS) is 11.8. The summed E-state index contributed by atoms with van der Waals surface area (Å²) in [5.41, 5.74) is 0.463. The number of halogens is 1. The highest BCUT2D eigenvalue weighted by molar-refractivity contribution is 7.92. The van der Waals surface area contributed by atoms with E-state index in [0.717, 1.165) is 5.56 Å². The number of esters is 1. The number of aryl methyl sites for hydroxylation is 1. The van der Waals surface area contributed by atoms with Crippen LogP contribution >= 0.6 is 11.6 Å². The molecule has 3 aromatic rings. The third-order valence-electron chi connectivity index (χ3n) is 4.37. The molecule has 0 radical (unpaired) electrons. The van der Waals surface area contributed by atoms with Gasteiger partial charge in [-0.1, -0.05) is 29.8 Å². The van der Waals surface area contributed by atoms with Crippen LogP contribution in [0.1, 0.15) is 26.3 Å². The Balaban J connectivity index is 1.91. The number of aromatic nitrogens is 2. The average Bonchev–Trinajstić information content (AvgIpc) is 3.18. The molecule has 0 unspecified atom stereocenters. The van der Waals surface area contributed by atoms with E-state index in [2.05, 4.69) is 5.10 Å². The maximum atomic E-state index is 13.5. The Morgan fingerprint density at radius 2 is 1.82 bits per heavy atom. The van der Waals surface area contributed by atoms with Gasteiger partial charge in [0, 0.05) is 24.3 Å². The summed E-state index contributed by atoms with van der Waals surface area (Å²) < 4.78 is 40.4. The molecule has 0 aliphatic carbocycles. The fourth-order valence-corrected chi connectivity index (χ4v) is 4.48. The van der Waals surface area contributed by atoms with E-state index in [1.807, 2.05) is 0 Å². The summed E-state index contributed by atoms with van der Waals surface area (Å²) >= 11 is 5.98. The highest BCUT2D eigenvalue weighted by atomic mass is 35.5. The van der Waals surface area contributed by atoms with Crippen molar-refractivity contribution in [1.29, 1.82) is 0 Å². The fraction of sp³-hybridized carbons (Fsp3) is 0.304. The van der Waals surface area contributed by atoms with Crippen LogP contribution < -0.4 is 9.04 Å². The molecule has 0 spiro atoms. The van der Waals surface area contributed by atoms with Gasteiger partial charge in [-0.15, -0.1) is 0 Å². The highest BCUT2D eigenvalue weighted by Crippen LogP contribution is 2.28. The molecule has 176 valence electrons. The molecule has 2 aromatic carbocycles. The number of hydrogen-bond donors (Lipinski definition) is 0. The third-order valence-corrected chi connectivity index (χ3v) is 6.28. The lowest BCUT2D eigenvalue weighted by Crippen LogP contribution is -2.31. The quantitative estimate of drug-likeness (QED) is 0.439. The monoisotopic (exact) mass is 491 g/mol. The van der Waals surface area contributed by atoms with E-state index in [1.54, 1.807) is 82.5 Å². The largest absolute Gasteiger partial charge is 0.482 e. The van der Waals surface area contributed by atoms with Gasteiger partial charge in [-0.3, -0.25) is 8.99 Å². The molecule has 8 nitrogen and oxygen atoms in total. The van der Waals surface area contributed by atoms with Gasteiger partial charge < -0.3 is 9.47 Å². The zero-order valence-corrected chi connectivity index (χ0v) is 20.4. The van der Waals surface area contributed by atoms with Gasteiger partial charge in [0.05, 0.1) is 12.2 Å². The van der Waals surface area contributed by atoms with Crippen LogP contribution in [0.4, 0.5) is 5.69 Å². The molecule has 1 heterocycles. The molecule has 0 aliphatic heterocycles. The first kappa shape index (κ1) is 24.6. The average molecular weight is 492 g/mol. The smallest absolute Gasteiger partial charge is 0.344 e. The van der Waals surface area contributed by atoms with Crippen molar-refractivity contribution in [3.05, 3.63) is 71.4 Å².